The van der Waals surface area contributed by atoms with Crippen LogP contribution in [0.15, 0.2) is 30.3 Å². The zero-order valence-corrected chi connectivity index (χ0v) is 12.5. The second kappa shape index (κ2) is 6.01. The number of alkyl halides is 2. The largest absolute Gasteiger partial charge is 0.317 e. The summed E-state index contributed by atoms with van der Waals surface area (Å²) >= 11 is 0. The van der Waals surface area contributed by atoms with Crippen LogP contribution in [0.4, 0.5) is 8.78 Å². The average Bonchev–Trinajstić information content (AvgIpc) is 2.52. The predicted octanol–water partition coefficient (Wildman–Crippen LogP) is 3.18. The van der Waals surface area contributed by atoms with Crippen LogP contribution >= 0.6 is 0 Å². The van der Waals surface area contributed by atoms with Crippen LogP contribution in [0.2, 0.25) is 0 Å². The molecule has 21 heavy (non-hydrogen) atoms. The molecule has 0 atom stereocenters. The van der Waals surface area contributed by atoms with Crippen LogP contribution in [0, 0.1) is 0 Å². The highest BCUT2D eigenvalue weighted by molar-refractivity contribution is 5.13. The molecule has 0 aromatic heterocycles. The third kappa shape index (κ3) is 3.43. The summed E-state index contributed by atoms with van der Waals surface area (Å²) in [6.07, 6.45) is 2.31. The number of likely N-dealkylation sites (tertiary alicyclic amines) is 1. The highest BCUT2D eigenvalue weighted by Crippen LogP contribution is 2.37. The molecule has 116 valence electrons. The van der Waals surface area contributed by atoms with E-state index < -0.39 is 5.92 Å². The first-order valence-electron chi connectivity index (χ1n) is 8.08. The minimum Gasteiger partial charge on any atom is -0.317 e. The van der Waals surface area contributed by atoms with Gasteiger partial charge in [-0.3, -0.25) is 0 Å². The molecule has 0 aliphatic carbocycles. The molecule has 2 aliphatic rings. The molecule has 2 heterocycles. The van der Waals surface area contributed by atoms with E-state index in [2.05, 4.69) is 17.4 Å². The molecule has 2 aliphatic heterocycles. The number of hydrogen-bond donors (Lipinski definition) is 1. The average molecular weight is 295 g/mol. The number of rotatable bonds is 3. The monoisotopic (exact) mass is 295 g/mol. The van der Waals surface area contributed by atoms with Gasteiger partial charge in [0, 0.05) is 31.5 Å². The second-order valence-electron chi connectivity index (χ2n) is 6.65. The third-order valence-corrected chi connectivity index (χ3v) is 5.27. The Morgan fingerprint density at radius 1 is 1.05 bits per heavy atom. The Morgan fingerprint density at radius 2 is 1.67 bits per heavy atom. The van der Waals surface area contributed by atoms with Gasteiger partial charge >= 0.3 is 0 Å². The van der Waals surface area contributed by atoms with Crippen molar-refractivity contribution in [3.63, 3.8) is 0 Å². The Kier molecular flexibility index (Phi) is 4.27. The van der Waals surface area contributed by atoms with Crippen molar-refractivity contribution in [1.82, 2.24) is 5.32 Å². The zero-order chi connectivity index (χ0) is 14.8. The highest BCUT2D eigenvalue weighted by atomic mass is 19.3. The van der Waals surface area contributed by atoms with Gasteiger partial charge in [-0.25, -0.2) is 8.78 Å². The maximum Gasteiger partial charge on any atom is 0.258 e. The Bertz CT molecular complexity index is 445. The van der Waals surface area contributed by atoms with Crippen LogP contribution in [0.3, 0.4) is 0 Å². The van der Waals surface area contributed by atoms with Crippen LogP contribution in [0.1, 0.15) is 31.2 Å². The van der Waals surface area contributed by atoms with Gasteiger partial charge in [0.05, 0.1) is 32.0 Å². The summed E-state index contributed by atoms with van der Waals surface area (Å²) in [7, 11) is 0. The van der Waals surface area contributed by atoms with E-state index in [1.807, 2.05) is 18.2 Å². The first-order chi connectivity index (χ1) is 10.1. The van der Waals surface area contributed by atoms with Crippen LogP contribution < -0.4 is 5.32 Å². The maximum absolute atomic E-state index is 13.6. The SMILES string of the molecule is FC1(F)CC[N+](Cc2ccccc2)(C2CCNCC2)CC1. The molecule has 0 radical (unpaired) electrons. The van der Waals surface area contributed by atoms with Crippen molar-refractivity contribution < 1.29 is 13.3 Å². The van der Waals surface area contributed by atoms with Gasteiger partial charge in [0.25, 0.3) is 5.92 Å². The Balaban J connectivity index is 1.80. The van der Waals surface area contributed by atoms with E-state index >= 15 is 0 Å². The third-order valence-electron chi connectivity index (χ3n) is 5.27. The van der Waals surface area contributed by atoms with Crippen LogP contribution in [-0.2, 0) is 6.54 Å². The lowest BCUT2D eigenvalue weighted by Gasteiger charge is -2.50. The van der Waals surface area contributed by atoms with Crippen molar-refractivity contribution in [3.8, 4) is 0 Å². The number of quaternary nitrogens is 1. The summed E-state index contributed by atoms with van der Waals surface area (Å²) in [6.45, 7) is 4.19. The molecule has 2 saturated heterocycles. The normalized spacial score (nSPS) is 25.6. The van der Waals surface area contributed by atoms with E-state index in [9.17, 15) is 8.78 Å². The predicted molar refractivity (Wildman–Crippen MR) is 80.2 cm³/mol. The number of nitrogens with zero attached hydrogens (tertiary/aromatic N) is 1. The number of piperidine rings is 2. The van der Waals surface area contributed by atoms with E-state index in [1.54, 1.807) is 0 Å². The smallest absolute Gasteiger partial charge is 0.258 e. The molecular weight excluding hydrogens is 270 g/mol. The van der Waals surface area contributed by atoms with Crippen LogP contribution in [0.5, 0.6) is 0 Å². The number of hydrogen-bond acceptors (Lipinski definition) is 1. The quantitative estimate of drug-likeness (QED) is 0.845. The lowest BCUT2D eigenvalue weighted by atomic mass is 9.93. The van der Waals surface area contributed by atoms with Crippen LogP contribution in [-0.4, -0.2) is 42.6 Å². The molecule has 1 N–H and O–H groups in total. The Labute approximate surface area is 125 Å². The number of benzene rings is 1. The maximum atomic E-state index is 13.6. The molecule has 4 heteroatoms. The van der Waals surface area contributed by atoms with Gasteiger partial charge in [-0.15, -0.1) is 0 Å². The fourth-order valence-electron chi connectivity index (χ4n) is 3.96. The lowest BCUT2D eigenvalue weighted by Crippen LogP contribution is -2.62. The molecule has 3 rings (SSSR count). The second-order valence-corrected chi connectivity index (χ2v) is 6.65. The molecule has 2 fully saturated rings. The molecule has 1 aromatic carbocycles. The summed E-state index contributed by atoms with van der Waals surface area (Å²) < 4.78 is 28.1. The summed E-state index contributed by atoms with van der Waals surface area (Å²) in [5.41, 5.74) is 1.28. The lowest BCUT2D eigenvalue weighted by molar-refractivity contribution is -0.970. The molecule has 0 amide bonds. The van der Waals surface area contributed by atoms with Gasteiger partial charge in [0.15, 0.2) is 0 Å². The summed E-state index contributed by atoms with van der Waals surface area (Å²) in [4.78, 5) is 0. The molecule has 0 unspecified atom stereocenters. The van der Waals surface area contributed by atoms with Gasteiger partial charge < -0.3 is 9.80 Å². The van der Waals surface area contributed by atoms with Crippen molar-refractivity contribution in [3.05, 3.63) is 35.9 Å². The van der Waals surface area contributed by atoms with Gasteiger partial charge in [0.1, 0.15) is 6.54 Å². The number of halogens is 2. The van der Waals surface area contributed by atoms with Crippen molar-refractivity contribution in [1.29, 1.82) is 0 Å². The van der Waals surface area contributed by atoms with Gasteiger partial charge in [-0.2, -0.15) is 0 Å². The van der Waals surface area contributed by atoms with E-state index in [1.165, 1.54) is 5.56 Å². The summed E-state index contributed by atoms with van der Waals surface area (Å²) in [5.74, 6) is -2.45. The van der Waals surface area contributed by atoms with Crippen LogP contribution in [0.25, 0.3) is 0 Å². The molecule has 2 nitrogen and oxygen atoms in total. The van der Waals surface area contributed by atoms with Gasteiger partial charge in [-0.1, -0.05) is 30.3 Å². The van der Waals surface area contributed by atoms with Crippen molar-refractivity contribution in [2.45, 2.75) is 44.2 Å². The van der Waals surface area contributed by atoms with Gasteiger partial charge in [0.2, 0.25) is 0 Å². The Hall–Kier alpha value is -1.00. The molecular formula is C17H25F2N2+. The van der Waals surface area contributed by atoms with E-state index in [4.69, 9.17) is 0 Å². The Morgan fingerprint density at radius 3 is 2.29 bits per heavy atom. The molecule has 1 aromatic rings. The topological polar surface area (TPSA) is 12.0 Å². The van der Waals surface area contributed by atoms with E-state index in [-0.39, 0.29) is 12.8 Å². The van der Waals surface area contributed by atoms with Crippen molar-refractivity contribution in [2.24, 2.45) is 0 Å². The minimum absolute atomic E-state index is 0.0454. The standard InChI is InChI=1S/C17H25F2N2/c18-17(19)8-12-21(13-9-17,16-6-10-20-11-7-16)14-15-4-2-1-3-5-15/h1-5,16,20H,6-14H2/q+1. The molecule has 0 spiro atoms. The molecule has 0 saturated carbocycles. The fourth-order valence-corrected chi connectivity index (χ4v) is 3.96. The minimum atomic E-state index is -2.45. The van der Waals surface area contributed by atoms with Crippen molar-refractivity contribution in [2.75, 3.05) is 26.2 Å². The first kappa shape index (κ1) is 14.9. The fraction of sp³-hybridized carbons (Fsp3) is 0.647. The zero-order valence-electron chi connectivity index (χ0n) is 12.5. The van der Waals surface area contributed by atoms with Gasteiger partial charge in [-0.05, 0) is 0 Å². The highest BCUT2D eigenvalue weighted by Gasteiger charge is 2.47. The number of nitrogens with one attached hydrogen (secondary N) is 1. The summed E-state index contributed by atoms with van der Waals surface area (Å²) in [5, 5.41) is 3.39. The van der Waals surface area contributed by atoms with E-state index in [0.717, 1.165) is 37.0 Å². The van der Waals surface area contributed by atoms with E-state index in [0.29, 0.717) is 19.1 Å². The first-order valence-corrected chi connectivity index (χ1v) is 8.08. The van der Waals surface area contributed by atoms with Crippen molar-refractivity contribution >= 4 is 0 Å². The molecule has 0 bridgehead atoms. The summed E-state index contributed by atoms with van der Waals surface area (Å²) in [6, 6.07) is 10.9.